The van der Waals surface area contributed by atoms with E-state index in [0.29, 0.717) is 19.6 Å². The predicted molar refractivity (Wildman–Crippen MR) is 65.2 cm³/mol. The summed E-state index contributed by atoms with van der Waals surface area (Å²) in [6, 6.07) is -0.0188. The van der Waals surface area contributed by atoms with Gasteiger partial charge in [0.1, 0.15) is 0 Å². The zero-order valence-electron chi connectivity index (χ0n) is 10.6. The Labute approximate surface area is 98.8 Å². The molecule has 1 unspecified atom stereocenters. The van der Waals surface area contributed by atoms with Gasteiger partial charge in [0, 0.05) is 26.2 Å². The summed E-state index contributed by atoms with van der Waals surface area (Å²) in [5.41, 5.74) is 5.61. The van der Waals surface area contributed by atoms with Gasteiger partial charge in [-0.1, -0.05) is 6.92 Å². The van der Waals surface area contributed by atoms with Crippen molar-refractivity contribution in [2.45, 2.75) is 33.2 Å². The van der Waals surface area contributed by atoms with Crippen LogP contribution < -0.4 is 5.73 Å². The minimum Gasteiger partial charge on any atom is -0.330 e. The first kappa shape index (κ1) is 13.9. The fourth-order valence-corrected chi connectivity index (χ4v) is 3.48. The number of rotatable bonds is 4. The van der Waals surface area contributed by atoms with E-state index >= 15 is 0 Å². The molecule has 0 bridgehead atoms. The van der Waals surface area contributed by atoms with Crippen LogP contribution >= 0.6 is 0 Å². The van der Waals surface area contributed by atoms with E-state index in [0.717, 1.165) is 6.42 Å². The number of hydrogen-bond acceptors (Lipinski definition) is 3. The molecule has 1 fully saturated rings. The monoisotopic (exact) mass is 249 g/mol. The molecular weight excluding hydrogens is 226 g/mol. The van der Waals surface area contributed by atoms with Gasteiger partial charge in [-0.2, -0.15) is 17.0 Å². The van der Waals surface area contributed by atoms with Crippen LogP contribution in [0.5, 0.6) is 0 Å². The van der Waals surface area contributed by atoms with Crippen molar-refractivity contribution in [2.24, 2.45) is 11.1 Å². The first-order valence-corrected chi connectivity index (χ1v) is 7.06. The highest BCUT2D eigenvalue weighted by molar-refractivity contribution is 7.86. The number of nitrogens with two attached hydrogens (primary N) is 1. The minimum atomic E-state index is -3.31. The Bertz CT molecular complexity index is 342. The van der Waals surface area contributed by atoms with E-state index in [1.54, 1.807) is 11.4 Å². The Balaban J connectivity index is 2.81. The third-order valence-electron chi connectivity index (χ3n) is 3.43. The molecule has 96 valence electrons. The second-order valence-electron chi connectivity index (χ2n) is 5.22. The molecule has 2 N–H and O–H groups in total. The van der Waals surface area contributed by atoms with E-state index in [1.807, 2.05) is 20.8 Å². The third-order valence-corrected chi connectivity index (χ3v) is 5.55. The lowest BCUT2D eigenvalue weighted by atomic mass is 9.90. The molecule has 0 aromatic carbocycles. The van der Waals surface area contributed by atoms with Crippen LogP contribution in [0, 0.1) is 5.41 Å². The lowest BCUT2D eigenvalue weighted by molar-refractivity contribution is 0.323. The van der Waals surface area contributed by atoms with E-state index in [2.05, 4.69) is 0 Å². The molecular formula is C10H23N3O2S. The van der Waals surface area contributed by atoms with Crippen LogP contribution in [0.3, 0.4) is 0 Å². The molecule has 0 spiro atoms. The van der Waals surface area contributed by atoms with Crippen LogP contribution in [0.2, 0.25) is 0 Å². The van der Waals surface area contributed by atoms with Crippen molar-refractivity contribution >= 4 is 10.2 Å². The van der Waals surface area contributed by atoms with Gasteiger partial charge in [-0.3, -0.25) is 0 Å². The van der Waals surface area contributed by atoms with Gasteiger partial charge in [0.05, 0.1) is 0 Å². The van der Waals surface area contributed by atoms with Gasteiger partial charge in [0.25, 0.3) is 10.2 Å². The zero-order chi connectivity index (χ0) is 12.6. The highest BCUT2D eigenvalue weighted by atomic mass is 32.2. The SMILES string of the molecule is CC(C)N(C)S(=O)(=O)N1CCC(C)(CN)C1. The molecule has 1 saturated heterocycles. The molecule has 16 heavy (non-hydrogen) atoms. The highest BCUT2D eigenvalue weighted by Gasteiger charge is 2.40. The molecule has 0 aromatic heterocycles. The van der Waals surface area contributed by atoms with Crippen molar-refractivity contribution in [1.29, 1.82) is 0 Å². The largest absolute Gasteiger partial charge is 0.330 e. The van der Waals surface area contributed by atoms with Crippen molar-refractivity contribution in [2.75, 3.05) is 26.7 Å². The number of nitrogens with zero attached hydrogens (tertiary/aromatic N) is 2. The summed E-state index contributed by atoms with van der Waals surface area (Å²) in [5, 5.41) is 0. The summed E-state index contributed by atoms with van der Waals surface area (Å²) in [6.45, 7) is 7.42. The zero-order valence-corrected chi connectivity index (χ0v) is 11.4. The summed E-state index contributed by atoms with van der Waals surface area (Å²) in [7, 11) is -1.68. The van der Waals surface area contributed by atoms with Crippen LogP contribution in [0.15, 0.2) is 0 Å². The normalized spacial score (nSPS) is 28.2. The van der Waals surface area contributed by atoms with E-state index in [-0.39, 0.29) is 11.5 Å². The summed E-state index contributed by atoms with van der Waals surface area (Å²) >= 11 is 0. The molecule has 0 saturated carbocycles. The van der Waals surface area contributed by atoms with Crippen LogP contribution in [-0.2, 0) is 10.2 Å². The molecule has 6 heteroatoms. The Hall–Kier alpha value is -0.170. The summed E-state index contributed by atoms with van der Waals surface area (Å²) in [5.74, 6) is 0. The molecule has 0 aromatic rings. The lowest BCUT2D eigenvalue weighted by Gasteiger charge is -2.28. The smallest absolute Gasteiger partial charge is 0.281 e. The van der Waals surface area contributed by atoms with E-state index in [9.17, 15) is 8.42 Å². The Morgan fingerprint density at radius 3 is 2.44 bits per heavy atom. The average molecular weight is 249 g/mol. The van der Waals surface area contributed by atoms with Gasteiger partial charge in [-0.05, 0) is 32.2 Å². The predicted octanol–water partition coefficient (Wildman–Crippen LogP) is 0.242. The molecule has 1 rings (SSSR count). The minimum absolute atomic E-state index is 0.0188. The van der Waals surface area contributed by atoms with E-state index in [4.69, 9.17) is 5.73 Å². The standard InChI is InChI=1S/C10H23N3O2S/c1-9(2)12(4)16(14,15)13-6-5-10(3,7-11)8-13/h9H,5-8,11H2,1-4H3. The fraction of sp³-hybridized carbons (Fsp3) is 1.00. The molecule has 1 heterocycles. The first-order chi connectivity index (χ1) is 7.23. The van der Waals surface area contributed by atoms with Crippen molar-refractivity contribution in [3.8, 4) is 0 Å². The molecule has 1 aliphatic heterocycles. The van der Waals surface area contributed by atoms with E-state index < -0.39 is 10.2 Å². The van der Waals surface area contributed by atoms with Gasteiger partial charge in [-0.15, -0.1) is 0 Å². The molecule has 0 aliphatic carbocycles. The molecule has 5 nitrogen and oxygen atoms in total. The van der Waals surface area contributed by atoms with Crippen molar-refractivity contribution in [1.82, 2.24) is 8.61 Å². The first-order valence-electron chi connectivity index (χ1n) is 5.66. The average Bonchev–Trinajstić information content (AvgIpc) is 2.61. The molecule has 1 aliphatic rings. The third kappa shape index (κ3) is 2.56. The quantitative estimate of drug-likeness (QED) is 0.776. The molecule has 0 amide bonds. The van der Waals surface area contributed by atoms with Crippen molar-refractivity contribution in [3.05, 3.63) is 0 Å². The summed E-state index contributed by atoms with van der Waals surface area (Å²) in [6.07, 6.45) is 0.842. The Morgan fingerprint density at radius 1 is 1.50 bits per heavy atom. The van der Waals surface area contributed by atoms with Crippen molar-refractivity contribution < 1.29 is 8.42 Å². The van der Waals surface area contributed by atoms with Crippen LogP contribution in [-0.4, -0.2) is 49.8 Å². The molecule has 0 radical (unpaired) electrons. The van der Waals surface area contributed by atoms with Gasteiger partial charge in [-0.25, -0.2) is 0 Å². The Kier molecular flexibility index (Phi) is 3.99. The van der Waals surface area contributed by atoms with Gasteiger partial charge >= 0.3 is 0 Å². The van der Waals surface area contributed by atoms with Gasteiger partial charge in [0.15, 0.2) is 0 Å². The summed E-state index contributed by atoms with van der Waals surface area (Å²) < 4.78 is 27.3. The second-order valence-corrected chi connectivity index (χ2v) is 7.20. The maximum atomic E-state index is 12.2. The Morgan fingerprint density at radius 2 is 2.06 bits per heavy atom. The van der Waals surface area contributed by atoms with Gasteiger partial charge in [0.2, 0.25) is 0 Å². The summed E-state index contributed by atoms with van der Waals surface area (Å²) in [4.78, 5) is 0. The highest BCUT2D eigenvalue weighted by Crippen LogP contribution is 2.31. The topological polar surface area (TPSA) is 66.6 Å². The fourth-order valence-electron chi connectivity index (χ4n) is 1.79. The maximum Gasteiger partial charge on any atom is 0.281 e. The molecule has 1 atom stereocenters. The van der Waals surface area contributed by atoms with Crippen LogP contribution in [0.4, 0.5) is 0 Å². The van der Waals surface area contributed by atoms with Crippen molar-refractivity contribution in [3.63, 3.8) is 0 Å². The maximum absolute atomic E-state index is 12.2. The van der Waals surface area contributed by atoms with Crippen LogP contribution in [0.1, 0.15) is 27.2 Å². The van der Waals surface area contributed by atoms with Crippen LogP contribution in [0.25, 0.3) is 0 Å². The number of hydrogen-bond donors (Lipinski definition) is 1. The van der Waals surface area contributed by atoms with Gasteiger partial charge < -0.3 is 5.73 Å². The van der Waals surface area contributed by atoms with E-state index in [1.165, 1.54) is 4.31 Å². The lowest BCUT2D eigenvalue weighted by Crippen LogP contribution is -2.44. The second kappa shape index (κ2) is 4.60.